The average molecular weight is 214 g/mol. The van der Waals surface area contributed by atoms with Gasteiger partial charge in [0.2, 0.25) is 0 Å². The lowest BCUT2D eigenvalue weighted by Crippen LogP contribution is -2.34. The van der Waals surface area contributed by atoms with Crippen LogP contribution in [0.5, 0.6) is 0 Å². The molecule has 0 radical (unpaired) electrons. The van der Waals surface area contributed by atoms with Gasteiger partial charge in [-0.3, -0.25) is 9.59 Å². The maximum Gasteiger partial charge on any atom is 0.357 e. The summed E-state index contributed by atoms with van der Waals surface area (Å²) in [5.74, 6) is -2.61. The molecule has 1 heterocycles. The third kappa shape index (κ3) is 1.93. The highest BCUT2D eigenvalue weighted by atomic mass is 16.5. The summed E-state index contributed by atoms with van der Waals surface area (Å²) >= 11 is 0. The molecular weight excluding hydrogens is 208 g/mol. The van der Waals surface area contributed by atoms with Crippen molar-refractivity contribution >= 4 is 11.9 Å². The van der Waals surface area contributed by atoms with E-state index in [4.69, 9.17) is 5.11 Å². The first kappa shape index (κ1) is 10.7. The molecule has 0 saturated heterocycles. The number of carboxylic acids is 1. The van der Waals surface area contributed by atoms with E-state index in [0.29, 0.717) is 0 Å². The molecule has 0 atom stereocenters. The van der Waals surface area contributed by atoms with Crippen molar-refractivity contribution in [2.24, 2.45) is 0 Å². The number of aromatic amines is 2. The Kier molecular flexibility index (Phi) is 2.70. The van der Waals surface area contributed by atoms with Crippen molar-refractivity contribution in [2.75, 3.05) is 7.11 Å². The van der Waals surface area contributed by atoms with E-state index in [2.05, 4.69) is 4.74 Å². The summed E-state index contributed by atoms with van der Waals surface area (Å²) in [6.45, 7) is 0. The Labute approximate surface area is 81.5 Å². The number of carbonyl (C=O) groups is 2. The van der Waals surface area contributed by atoms with Gasteiger partial charge in [-0.2, -0.15) is 0 Å². The predicted octanol–water partition coefficient (Wildman–Crippen LogP) is -1.45. The number of nitrogens with one attached hydrogen (secondary N) is 2. The molecule has 0 aliphatic rings. The van der Waals surface area contributed by atoms with E-state index in [1.54, 1.807) is 4.98 Å². The fourth-order valence-electron chi connectivity index (χ4n) is 0.881. The van der Waals surface area contributed by atoms with E-state index in [9.17, 15) is 19.2 Å². The average Bonchev–Trinajstić information content (AvgIpc) is 2.20. The smallest absolute Gasteiger partial charge is 0.357 e. The Balaban J connectivity index is 3.55. The molecule has 8 heteroatoms. The number of ether oxygens (including phenoxy) is 1. The number of aromatic carboxylic acids is 1. The third-order valence-electron chi connectivity index (χ3n) is 1.54. The summed E-state index contributed by atoms with van der Waals surface area (Å²) in [5.41, 5.74) is -3.60. The minimum Gasteiger partial charge on any atom is -0.477 e. The summed E-state index contributed by atoms with van der Waals surface area (Å²) in [4.78, 5) is 46.8. The summed E-state index contributed by atoms with van der Waals surface area (Å²) in [6.07, 6.45) is 0. The summed E-state index contributed by atoms with van der Waals surface area (Å²) < 4.78 is 4.23. The van der Waals surface area contributed by atoms with Crippen LogP contribution in [0.3, 0.4) is 0 Å². The molecule has 3 N–H and O–H groups in total. The van der Waals surface area contributed by atoms with Crippen molar-refractivity contribution in [2.45, 2.75) is 0 Å². The second-order valence-corrected chi connectivity index (χ2v) is 2.45. The normalized spacial score (nSPS) is 9.67. The number of esters is 1. The van der Waals surface area contributed by atoms with E-state index < -0.39 is 34.4 Å². The number of hydrogen-bond donors (Lipinski definition) is 3. The van der Waals surface area contributed by atoms with E-state index in [0.717, 1.165) is 7.11 Å². The van der Waals surface area contributed by atoms with Crippen molar-refractivity contribution in [1.82, 2.24) is 9.97 Å². The fraction of sp³-hybridized carbons (Fsp3) is 0.143. The lowest BCUT2D eigenvalue weighted by molar-refractivity contribution is 0.0572. The Morgan fingerprint density at radius 1 is 1.13 bits per heavy atom. The molecule has 15 heavy (non-hydrogen) atoms. The zero-order valence-electron chi connectivity index (χ0n) is 7.49. The highest BCUT2D eigenvalue weighted by Gasteiger charge is 2.20. The van der Waals surface area contributed by atoms with E-state index in [1.807, 2.05) is 4.98 Å². The Morgan fingerprint density at radius 3 is 2.00 bits per heavy atom. The molecule has 0 spiro atoms. The van der Waals surface area contributed by atoms with Gasteiger partial charge >= 0.3 is 23.1 Å². The van der Waals surface area contributed by atoms with Crippen LogP contribution in [0.4, 0.5) is 0 Å². The Bertz CT molecular complexity index is 525. The van der Waals surface area contributed by atoms with Gasteiger partial charge in [0.05, 0.1) is 7.11 Å². The number of H-pyrrole nitrogens is 2. The zero-order valence-corrected chi connectivity index (χ0v) is 7.49. The molecule has 1 aromatic heterocycles. The fourth-order valence-corrected chi connectivity index (χ4v) is 0.881. The van der Waals surface area contributed by atoms with Crippen molar-refractivity contribution in [1.29, 1.82) is 0 Å². The van der Waals surface area contributed by atoms with Crippen molar-refractivity contribution in [3.8, 4) is 0 Å². The number of carboxylic acid groups (broad SMARTS) is 1. The number of aromatic nitrogens is 2. The van der Waals surface area contributed by atoms with Gasteiger partial charge in [0.15, 0.2) is 11.4 Å². The molecule has 1 rings (SSSR count). The first-order chi connectivity index (χ1) is 6.97. The van der Waals surface area contributed by atoms with Crippen LogP contribution in [0.25, 0.3) is 0 Å². The topological polar surface area (TPSA) is 129 Å². The van der Waals surface area contributed by atoms with Crippen LogP contribution >= 0.6 is 0 Å². The van der Waals surface area contributed by atoms with Gasteiger partial charge in [-0.1, -0.05) is 0 Å². The van der Waals surface area contributed by atoms with Crippen LogP contribution in [0.15, 0.2) is 9.59 Å². The molecule has 0 aliphatic heterocycles. The number of rotatable bonds is 2. The number of methoxy groups -OCH3 is 1. The van der Waals surface area contributed by atoms with Crippen LogP contribution in [0, 0.1) is 0 Å². The first-order valence-electron chi connectivity index (χ1n) is 3.65. The molecule has 80 valence electrons. The molecule has 0 saturated carbocycles. The van der Waals surface area contributed by atoms with Crippen LogP contribution in [0.2, 0.25) is 0 Å². The molecule has 0 aromatic carbocycles. The molecule has 0 bridgehead atoms. The standard InChI is InChI=1S/C7H6N2O6/c1-15-7(14)3-2(6(12)13)8-4(10)5(11)9-3/h1H3,(H,8,10)(H,9,11)(H,12,13). The van der Waals surface area contributed by atoms with Crippen LogP contribution in [-0.4, -0.2) is 34.1 Å². The number of hydrogen-bond acceptors (Lipinski definition) is 5. The molecular formula is C7H6N2O6. The quantitative estimate of drug-likeness (QED) is 0.407. The largest absolute Gasteiger partial charge is 0.477 e. The van der Waals surface area contributed by atoms with Gasteiger partial charge in [0, 0.05) is 0 Å². The molecule has 0 fully saturated rings. The van der Waals surface area contributed by atoms with Crippen molar-refractivity contribution in [3.05, 3.63) is 32.1 Å². The molecule has 0 unspecified atom stereocenters. The summed E-state index contributed by atoms with van der Waals surface area (Å²) in [5, 5.41) is 8.63. The maximum atomic E-state index is 11.0. The van der Waals surface area contributed by atoms with Crippen LogP contribution in [0.1, 0.15) is 21.0 Å². The molecule has 0 aliphatic carbocycles. The molecule has 8 nitrogen and oxygen atoms in total. The Morgan fingerprint density at radius 2 is 1.60 bits per heavy atom. The minimum absolute atomic E-state index is 0.602. The van der Waals surface area contributed by atoms with Crippen LogP contribution < -0.4 is 11.1 Å². The van der Waals surface area contributed by atoms with Crippen molar-refractivity contribution in [3.63, 3.8) is 0 Å². The van der Waals surface area contributed by atoms with Gasteiger partial charge in [-0.15, -0.1) is 0 Å². The second kappa shape index (κ2) is 3.78. The van der Waals surface area contributed by atoms with Gasteiger partial charge < -0.3 is 19.8 Å². The SMILES string of the molecule is COC(=O)c1[nH]c(=O)c(=O)[nH]c1C(=O)O. The van der Waals surface area contributed by atoms with Gasteiger partial charge in [0.1, 0.15) is 0 Å². The first-order valence-corrected chi connectivity index (χ1v) is 3.65. The highest BCUT2D eigenvalue weighted by Crippen LogP contribution is 1.99. The molecule has 1 aromatic rings. The number of carbonyl (C=O) groups excluding carboxylic acids is 1. The van der Waals surface area contributed by atoms with Crippen molar-refractivity contribution < 1.29 is 19.4 Å². The monoisotopic (exact) mass is 214 g/mol. The summed E-state index contributed by atoms with van der Waals surface area (Å²) in [7, 11) is 1.01. The molecule has 0 amide bonds. The van der Waals surface area contributed by atoms with E-state index >= 15 is 0 Å². The zero-order chi connectivity index (χ0) is 11.6. The van der Waals surface area contributed by atoms with Gasteiger partial charge in [0.25, 0.3) is 0 Å². The Hall–Kier alpha value is -2.38. The minimum atomic E-state index is -1.55. The van der Waals surface area contributed by atoms with E-state index in [1.165, 1.54) is 0 Å². The lowest BCUT2D eigenvalue weighted by atomic mass is 10.3. The predicted molar refractivity (Wildman–Crippen MR) is 46.0 cm³/mol. The van der Waals surface area contributed by atoms with E-state index in [-0.39, 0.29) is 0 Å². The lowest BCUT2D eigenvalue weighted by Gasteiger charge is -2.01. The highest BCUT2D eigenvalue weighted by molar-refractivity contribution is 5.99. The summed E-state index contributed by atoms with van der Waals surface area (Å²) in [6, 6.07) is 0. The van der Waals surface area contributed by atoms with Crippen LogP contribution in [-0.2, 0) is 4.74 Å². The van der Waals surface area contributed by atoms with Gasteiger partial charge in [-0.25, -0.2) is 9.59 Å². The van der Waals surface area contributed by atoms with Gasteiger partial charge in [-0.05, 0) is 0 Å². The maximum absolute atomic E-state index is 11.0. The second-order valence-electron chi connectivity index (χ2n) is 2.45. The third-order valence-corrected chi connectivity index (χ3v) is 1.54.